The summed E-state index contributed by atoms with van der Waals surface area (Å²) in [5, 5.41) is 58.5. The minimum Gasteiger partial charge on any atom is -0.511 e. The number of hydrogen-bond donors (Lipinski definition) is 6. The van der Waals surface area contributed by atoms with Gasteiger partial charge in [0.2, 0.25) is 5.78 Å². The molecule has 0 heterocycles. The van der Waals surface area contributed by atoms with Crippen molar-refractivity contribution in [2.45, 2.75) is 82.0 Å². The lowest BCUT2D eigenvalue weighted by Gasteiger charge is -2.50. The normalized spacial score (nSPS) is 33.0. The smallest absolute Gasteiger partial charge is 0.258 e. The van der Waals surface area contributed by atoms with Crippen molar-refractivity contribution in [2.75, 3.05) is 0 Å². The minimum atomic E-state index is -2.78. The number of carbonyl (C=O) groups is 3. The zero-order chi connectivity index (χ0) is 26.9. The SMILES string of the molecule is CCC1(NC(=O)C2=C(O)C[C@@H]3[C@@H](O)[C@H]4C(=C(O)[C@]3(O)C2=O)C(=O)c2c(O)cccc2[C@@H]4C)CCCCC1. The average molecular weight is 512 g/mol. The van der Waals surface area contributed by atoms with Crippen LogP contribution in [0.2, 0.25) is 0 Å². The summed E-state index contributed by atoms with van der Waals surface area (Å²) in [6.45, 7) is 3.65. The van der Waals surface area contributed by atoms with E-state index in [2.05, 4.69) is 5.32 Å². The molecule has 5 rings (SSSR count). The molecule has 6 N–H and O–H groups in total. The number of fused-ring (bicyclic) bond motifs is 3. The number of carbonyl (C=O) groups excluding carboxylic acids is 3. The number of aliphatic hydroxyl groups is 4. The number of nitrogens with one attached hydrogen (secondary N) is 1. The fourth-order valence-corrected chi connectivity index (χ4v) is 7.03. The first-order chi connectivity index (χ1) is 17.5. The first-order valence-electron chi connectivity index (χ1n) is 13.0. The van der Waals surface area contributed by atoms with Crippen molar-refractivity contribution >= 4 is 17.5 Å². The Morgan fingerprint density at radius 1 is 1.11 bits per heavy atom. The van der Waals surface area contributed by atoms with Crippen molar-refractivity contribution in [1.82, 2.24) is 5.32 Å². The van der Waals surface area contributed by atoms with Crippen LogP contribution in [0.15, 0.2) is 40.9 Å². The van der Waals surface area contributed by atoms with Gasteiger partial charge in [0.25, 0.3) is 5.91 Å². The minimum absolute atomic E-state index is 0.0659. The largest absolute Gasteiger partial charge is 0.511 e. The average Bonchev–Trinajstić information content (AvgIpc) is 2.87. The van der Waals surface area contributed by atoms with Crippen LogP contribution in [0.1, 0.15) is 80.6 Å². The number of hydrogen-bond acceptors (Lipinski definition) is 8. The Morgan fingerprint density at radius 3 is 2.43 bits per heavy atom. The van der Waals surface area contributed by atoms with E-state index in [-0.39, 0.29) is 16.9 Å². The Hall–Kier alpha value is -3.17. The molecule has 198 valence electrons. The number of phenols is 1. The fraction of sp³-hybridized carbons (Fsp3) is 0.536. The van der Waals surface area contributed by atoms with Gasteiger partial charge in [-0.1, -0.05) is 45.2 Å². The molecule has 4 aliphatic carbocycles. The molecule has 9 nitrogen and oxygen atoms in total. The summed E-state index contributed by atoms with van der Waals surface area (Å²) in [6, 6.07) is 4.53. The lowest BCUT2D eigenvalue weighted by Crippen LogP contribution is -2.63. The number of allylic oxidation sites excluding steroid dienone is 1. The second kappa shape index (κ2) is 8.70. The predicted octanol–water partition coefficient (Wildman–Crippen LogP) is 2.86. The van der Waals surface area contributed by atoms with E-state index in [0.717, 1.165) is 32.1 Å². The molecule has 0 unspecified atom stereocenters. The molecule has 1 amide bonds. The molecule has 0 spiro atoms. The topological polar surface area (TPSA) is 164 Å². The van der Waals surface area contributed by atoms with E-state index in [4.69, 9.17) is 0 Å². The van der Waals surface area contributed by atoms with Crippen molar-refractivity contribution in [1.29, 1.82) is 0 Å². The second-order valence-corrected chi connectivity index (χ2v) is 11.0. The van der Waals surface area contributed by atoms with E-state index in [9.17, 15) is 39.9 Å². The molecule has 5 atom stereocenters. The maximum absolute atomic E-state index is 13.7. The molecular formula is C28H33NO8. The summed E-state index contributed by atoms with van der Waals surface area (Å²) >= 11 is 0. The maximum atomic E-state index is 13.7. The van der Waals surface area contributed by atoms with Gasteiger partial charge in [0, 0.05) is 29.4 Å². The fourth-order valence-electron chi connectivity index (χ4n) is 7.03. The zero-order valence-corrected chi connectivity index (χ0v) is 21.0. The molecular weight excluding hydrogens is 478 g/mol. The Bertz CT molecular complexity index is 1260. The van der Waals surface area contributed by atoms with E-state index in [0.29, 0.717) is 12.0 Å². The summed E-state index contributed by atoms with van der Waals surface area (Å²) in [5.41, 5.74) is -3.96. The highest BCUT2D eigenvalue weighted by Gasteiger charge is 2.64. The van der Waals surface area contributed by atoms with E-state index in [1.165, 1.54) is 6.07 Å². The third-order valence-corrected chi connectivity index (χ3v) is 9.21. The van der Waals surface area contributed by atoms with Crippen LogP contribution in [0.25, 0.3) is 0 Å². The molecule has 4 aliphatic rings. The van der Waals surface area contributed by atoms with Gasteiger partial charge in [-0.15, -0.1) is 0 Å². The summed E-state index contributed by atoms with van der Waals surface area (Å²) in [4.78, 5) is 40.5. The van der Waals surface area contributed by atoms with Crippen molar-refractivity contribution < 1.29 is 39.9 Å². The number of rotatable bonds is 3. The Morgan fingerprint density at radius 2 is 1.78 bits per heavy atom. The van der Waals surface area contributed by atoms with Crippen LogP contribution in [0, 0.1) is 11.8 Å². The number of ketones is 2. The summed E-state index contributed by atoms with van der Waals surface area (Å²) in [6.07, 6.45) is 2.98. The molecule has 0 aliphatic heterocycles. The quantitative estimate of drug-likeness (QED) is 0.337. The number of amides is 1. The highest BCUT2D eigenvalue weighted by atomic mass is 16.4. The van der Waals surface area contributed by atoms with Crippen LogP contribution < -0.4 is 5.32 Å². The third-order valence-electron chi connectivity index (χ3n) is 9.21. The van der Waals surface area contributed by atoms with E-state index >= 15 is 0 Å². The molecule has 37 heavy (non-hydrogen) atoms. The number of aromatic hydroxyl groups is 1. The van der Waals surface area contributed by atoms with Gasteiger partial charge < -0.3 is 30.8 Å². The molecule has 1 fully saturated rings. The number of Topliss-reactive ketones (excluding diaryl/α,β-unsaturated/α-hetero) is 2. The van der Waals surface area contributed by atoms with Gasteiger partial charge in [-0.05, 0) is 36.8 Å². The highest BCUT2D eigenvalue weighted by molar-refractivity contribution is 6.25. The lowest BCUT2D eigenvalue weighted by molar-refractivity contribution is -0.155. The molecule has 0 aromatic heterocycles. The molecule has 0 radical (unpaired) electrons. The standard InChI is InChI=1S/C28H33NO8/c1-3-27(10-5-4-6-11-27)29-26(36)20-17(31)12-15-22(32)18-13(2)14-8-7-9-16(30)19(14)23(33)21(18)25(35)28(15,37)24(20)34/h7-9,13,15,18,22,30-32,35,37H,3-6,10-12H2,1-2H3,(H,29,36)/t13-,15+,18+,22+,28+/m0/s1. The second-order valence-electron chi connectivity index (χ2n) is 11.0. The first-order valence-corrected chi connectivity index (χ1v) is 13.0. The zero-order valence-electron chi connectivity index (χ0n) is 21.0. The molecule has 1 aromatic rings. The molecule has 0 saturated heterocycles. The van der Waals surface area contributed by atoms with Gasteiger partial charge in [-0.2, -0.15) is 0 Å². The molecule has 1 aromatic carbocycles. The van der Waals surface area contributed by atoms with Gasteiger partial charge in [-0.3, -0.25) is 14.4 Å². The first kappa shape index (κ1) is 25.5. The van der Waals surface area contributed by atoms with E-state index < -0.39 is 76.0 Å². The highest BCUT2D eigenvalue weighted by Crippen LogP contribution is 2.54. The van der Waals surface area contributed by atoms with Crippen LogP contribution in [0.3, 0.4) is 0 Å². The summed E-state index contributed by atoms with van der Waals surface area (Å²) < 4.78 is 0. The van der Waals surface area contributed by atoms with Gasteiger partial charge in [-0.25, -0.2) is 0 Å². The monoisotopic (exact) mass is 511 g/mol. The predicted molar refractivity (Wildman–Crippen MR) is 132 cm³/mol. The van der Waals surface area contributed by atoms with Crippen LogP contribution in [-0.2, 0) is 9.59 Å². The molecule has 9 heteroatoms. The number of benzene rings is 1. The van der Waals surface area contributed by atoms with Gasteiger partial charge in [0.1, 0.15) is 22.8 Å². The van der Waals surface area contributed by atoms with Crippen LogP contribution in [0.5, 0.6) is 5.75 Å². The van der Waals surface area contributed by atoms with Gasteiger partial charge in [0.15, 0.2) is 11.4 Å². The number of phenolic OH excluding ortho intramolecular Hbond substituents is 1. The third kappa shape index (κ3) is 3.47. The Balaban J connectivity index is 1.59. The van der Waals surface area contributed by atoms with Crippen molar-refractivity contribution in [3.63, 3.8) is 0 Å². The Kier molecular flexibility index (Phi) is 5.99. The van der Waals surface area contributed by atoms with Gasteiger partial charge >= 0.3 is 0 Å². The van der Waals surface area contributed by atoms with Crippen molar-refractivity contribution in [2.24, 2.45) is 11.8 Å². The molecule has 1 saturated carbocycles. The van der Waals surface area contributed by atoms with Crippen molar-refractivity contribution in [3.05, 3.63) is 52.0 Å². The Labute approximate surface area is 214 Å². The molecule has 0 bridgehead atoms. The van der Waals surface area contributed by atoms with E-state index in [1.54, 1.807) is 19.1 Å². The van der Waals surface area contributed by atoms with Crippen LogP contribution in [0.4, 0.5) is 0 Å². The van der Waals surface area contributed by atoms with E-state index in [1.807, 2.05) is 6.92 Å². The summed E-state index contributed by atoms with van der Waals surface area (Å²) in [7, 11) is 0. The summed E-state index contributed by atoms with van der Waals surface area (Å²) in [5.74, 6) is -7.66. The lowest BCUT2D eigenvalue weighted by atomic mass is 9.56. The van der Waals surface area contributed by atoms with Gasteiger partial charge in [0.05, 0.1) is 11.7 Å². The van der Waals surface area contributed by atoms with Crippen LogP contribution >= 0.6 is 0 Å². The van der Waals surface area contributed by atoms with Crippen LogP contribution in [-0.4, -0.2) is 60.3 Å². The van der Waals surface area contributed by atoms with Crippen molar-refractivity contribution in [3.8, 4) is 5.75 Å². The maximum Gasteiger partial charge on any atom is 0.258 e. The number of aliphatic hydroxyl groups excluding tert-OH is 3.